The van der Waals surface area contributed by atoms with E-state index in [0.717, 1.165) is 12.0 Å². The first-order valence-corrected chi connectivity index (χ1v) is 6.40. The van der Waals surface area contributed by atoms with Gasteiger partial charge in [0.25, 0.3) is 0 Å². The predicted octanol–water partition coefficient (Wildman–Crippen LogP) is 1.62. The smallest absolute Gasteiger partial charge is 0.317 e. The Morgan fingerprint density at radius 2 is 2.05 bits per heavy atom. The van der Waals surface area contributed by atoms with E-state index in [-0.39, 0.29) is 18.5 Å². The number of amides is 2. The number of rotatable bonds is 3. The molecule has 1 aliphatic rings. The third-order valence-electron chi connectivity index (χ3n) is 3.27. The van der Waals surface area contributed by atoms with Gasteiger partial charge in [-0.25, -0.2) is 4.79 Å². The number of fused-ring (bicyclic) bond motifs is 1. The van der Waals surface area contributed by atoms with E-state index in [0.29, 0.717) is 13.1 Å². The zero-order valence-electron chi connectivity index (χ0n) is 10.9. The first-order valence-electron chi connectivity index (χ1n) is 6.40. The van der Waals surface area contributed by atoms with Crippen LogP contribution in [-0.4, -0.2) is 34.6 Å². The molecule has 0 bridgehead atoms. The molecule has 0 radical (unpaired) electrons. The molecule has 1 atom stereocenters. The molecule has 1 aromatic carbocycles. The summed E-state index contributed by atoms with van der Waals surface area (Å²) in [6.45, 7) is 2.95. The Hall–Kier alpha value is -2.04. The molecule has 5 nitrogen and oxygen atoms in total. The summed E-state index contributed by atoms with van der Waals surface area (Å²) in [5.74, 6) is -0.906. The minimum absolute atomic E-state index is 0.0594. The Bertz CT molecular complexity index is 487. The van der Waals surface area contributed by atoms with Crippen LogP contribution in [0.3, 0.4) is 0 Å². The average molecular weight is 262 g/mol. The highest BCUT2D eigenvalue weighted by atomic mass is 16.4. The molecule has 0 spiro atoms. The number of benzene rings is 1. The molecule has 1 unspecified atom stereocenters. The first-order chi connectivity index (χ1) is 9.06. The van der Waals surface area contributed by atoms with E-state index in [9.17, 15) is 9.59 Å². The molecule has 2 N–H and O–H groups in total. The zero-order valence-corrected chi connectivity index (χ0v) is 10.9. The summed E-state index contributed by atoms with van der Waals surface area (Å²) in [7, 11) is 0. The normalized spacial score (nSPS) is 15.5. The Morgan fingerprint density at radius 1 is 1.37 bits per heavy atom. The fourth-order valence-corrected chi connectivity index (χ4v) is 2.28. The highest BCUT2D eigenvalue weighted by molar-refractivity contribution is 5.76. The summed E-state index contributed by atoms with van der Waals surface area (Å²) in [5.41, 5.74) is 2.44. The van der Waals surface area contributed by atoms with Gasteiger partial charge in [-0.2, -0.15) is 0 Å². The maximum Gasteiger partial charge on any atom is 0.317 e. The van der Waals surface area contributed by atoms with Crippen LogP contribution in [0.1, 0.15) is 24.5 Å². The van der Waals surface area contributed by atoms with Crippen molar-refractivity contribution in [2.24, 2.45) is 0 Å². The van der Waals surface area contributed by atoms with Crippen LogP contribution < -0.4 is 5.32 Å². The molecular formula is C14H18N2O3. The third kappa shape index (κ3) is 3.47. The van der Waals surface area contributed by atoms with E-state index in [1.54, 1.807) is 11.8 Å². The van der Waals surface area contributed by atoms with Crippen LogP contribution in [0.25, 0.3) is 0 Å². The molecule has 102 valence electrons. The van der Waals surface area contributed by atoms with Crippen molar-refractivity contribution in [2.45, 2.75) is 32.4 Å². The van der Waals surface area contributed by atoms with Gasteiger partial charge in [0.1, 0.15) is 0 Å². The van der Waals surface area contributed by atoms with Crippen LogP contribution in [-0.2, 0) is 17.8 Å². The number of aliphatic carboxylic acids is 1. The second-order valence-electron chi connectivity index (χ2n) is 4.89. The highest BCUT2D eigenvalue weighted by Gasteiger charge is 2.21. The van der Waals surface area contributed by atoms with Crippen molar-refractivity contribution in [1.82, 2.24) is 10.2 Å². The zero-order chi connectivity index (χ0) is 13.8. The molecular weight excluding hydrogens is 244 g/mol. The van der Waals surface area contributed by atoms with Gasteiger partial charge in [-0.15, -0.1) is 0 Å². The molecule has 1 aromatic rings. The lowest BCUT2D eigenvalue weighted by molar-refractivity contribution is -0.137. The van der Waals surface area contributed by atoms with Gasteiger partial charge in [-0.1, -0.05) is 24.3 Å². The Balaban J connectivity index is 1.93. The fraction of sp³-hybridized carbons (Fsp3) is 0.429. The van der Waals surface area contributed by atoms with Gasteiger partial charge in [0.15, 0.2) is 0 Å². The maximum atomic E-state index is 12.0. The molecule has 0 aliphatic carbocycles. The van der Waals surface area contributed by atoms with Crippen molar-refractivity contribution in [2.75, 3.05) is 6.54 Å². The number of urea groups is 1. The van der Waals surface area contributed by atoms with Crippen molar-refractivity contribution < 1.29 is 14.7 Å². The van der Waals surface area contributed by atoms with Crippen molar-refractivity contribution in [1.29, 1.82) is 0 Å². The summed E-state index contributed by atoms with van der Waals surface area (Å²) >= 11 is 0. The van der Waals surface area contributed by atoms with Gasteiger partial charge in [-0.3, -0.25) is 4.79 Å². The second kappa shape index (κ2) is 5.73. The molecule has 0 fully saturated rings. The van der Waals surface area contributed by atoms with Crippen LogP contribution in [0, 0.1) is 0 Å². The number of hydrogen-bond donors (Lipinski definition) is 2. The van der Waals surface area contributed by atoms with E-state index in [4.69, 9.17) is 5.11 Å². The highest BCUT2D eigenvalue weighted by Crippen LogP contribution is 2.18. The van der Waals surface area contributed by atoms with Crippen molar-refractivity contribution in [3.8, 4) is 0 Å². The SMILES string of the molecule is CC(CC(=O)O)NC(=O)N1CCc2ccccc2C1. The number of carboxylic acids is 1. The number of carboxylic acid groups (broad SMARTS) is 1. The summed E-state index contributed by atoms with van der Waals surface area (Å²) in [4.78, 5) is 24.3. The lowest BCUT2D eigenvalue weighted by Gasteiger charge is -2.30. The monoisotopic (exact) mass is 262 g/mol. The van der Waals surface area contributed by atoms with Crippen LogP contribution in [0.15, 0.2) is 24.3 Å². The lowest BCUT2D eigenvalue weighted by Crippen LogP contribution is -2.46. The molecule has 1 aliphatic heterocycles. The van der Waals surface area contributed by atoms with E-state index in [1.165, 1.54) is 5.56 Å². The van der Waals surface area contributed by atoms with Crippen LogP contribution in [0.2, 0.25) is 0 Å². The van der Waals surface area contributed by atoms with E-state index < -0.39 is 5.97 Å². The van der Waals surface area contributed by atoms with E-state index in [2.05, 4.69) is 11.4 Å². The summed E-state index contributed by atoms with van der Waals surface area (Å²) in [6.07, 6.45) is 0.785. The molecule has 5 heteroatoms. The standard InChI is InChI=1S/C14H18N2O3/c1-10(8-13(17)18)15-14(19)16-7-6-11-4-2-3-5-12(11)9-16/h2-5,10H,6-9H2,1H3,(H,15,19)(H,17,18). The second-order valence-corrected chi connectivity index (χ2v) is 4.89. The van der Waals surface area contributed by atoms with Gasteiger partial charge in [-0.05, 0) is 24.5 Å². The van der Waals surface area contributed by atoms with Gasteiger partial charge in [0.05, 0.1) is 6.42 Å². The van der Waals surface area contributed by atoms with Gasteiger partial charge < -0.3 is 15.3 Å². The van der Waals surface area contributed by atoms with Gasteiger partial charge in [0, 0.05) is 19.1 Å². The van der Waals surface area contributed by atoms with Crippen molar-refractivity contribution >= 4 is 12.0 Å². The van der Waals surface area contributed by atoms with E-state index in [1.807, 2.05) is 18.2 Å². The fourth-order valence-electron chi connectivity index (χ4n) is 2.28. The van der Waals surface area contributed by atoms with Crippen LogP contribution in [0.4, 0.5) is 4.79 Å². The van der Waals surface area contributed by atoms with Gasteiger partial charge >= 0.3 is 12.0 Å². The van der Waals surface area contributed by atoms with Gasteiger partial charge in [0.2, 0.25) is 0 Å². The number of nitrogens with zero attached hydrogens (tertiary/aromatic N) is 1. The summed E-state index contributed by atoms with van der Waals surface area (Å²) in [6, 6.07) is 7.52. The number of carbonyl (C=O) groups is 2. The average Bonchev–Trinajstić information content (AvgIpc) is 2.37. The lowest BCUT2D eigenvalue weighted by atomic mass is 10.0. The predicted molar refractivity (Wildman–Crippen MR) is 70.8 cm³/mol. The van der Waals surface area contributed by atoms with Crippen LogP contribution >= 0.6 is 0 Å². The quantitative estimate of drug-likeness (QED) is 0.869. The molecule has 2 rings (SSSR count). The Kier molecular flexibility index (Phi) is 4.04. The molecule has 0 saturated carbocycles. The van der Waals surface area contributed by atoms with Crippen LogP contribution in [0.5, 0.6) is 0 Å². The van der Waals surface area contributed by atoms with Crippen molar-refractivity contribution in [3.05, 3.63) is 35.4 Å². The topological polar surface area (TPSA) is 69.6 Å². The minimum atomic E-state index is -0.906. The molecule has 1 heterocycles. The van der Waals surface area contributed by atoms with Crippen molar-refractivity contribution in [3.63, 3.8) is 0 Å². The maximum absolute atomic E-state index is 12.0. The summed E-state index contributed by atoms with van der Waals surface area (Å²) in [5, 5.41) is 11.4. The number of hydrogen-bond acceptors (Lipinski definition) is 2. The number of nitrogens with one attached hydrogen (secondary N) is 1. The Labute approximate surface area is 112 Å². The minimum Gasteiger partial charge on any atom is -0.481 e. The Morgan fingerprint density at radius 3 is 2.74 bits per heavy atom. The molecule has 2 amide bonds. The third-order valence-corrected chi connectivity index (χ3v) is 3.27. The summed E-state index contributed by atoms with van der Waals surface area (Å²) < 4.78 is 0. The first kappa shape index (κ1) is 13.4. The number of carbonyl (C=O) groups excluding carboxylic acids is 1. The largest absolute Gasteiger partial charge is 0.481 e. The molecule has 0 saturated heterocycles. The molecule has 19 heavy (non-hydrogen) atoms. The van der Waals surface area contributed by atoms with E-state index >= 15 is 0 Å². The molecule has 0 aromatic heterocycles.